The van der Waals surface area contributed by atoms with E-state index in [2.05, 4.69) is 26.6 Å². The van der Waals surface area contributed by atoms with E-state index in [9.17, 15) is 9.18 Å². The van der Waals surface area contributed by atoms with Gasteiger partial charge in [-0.2, -0.15) is 0 Å². The second kappa shape index (κ2) is 7.85. The molecule has 134 valence electrons. The molecular formula is C19H21BrClFN2O. The van der Waals surface area contributed by atoms with Crippen molar-refractivity contribution < 1.29 is 9.18 Å². The normalized spacial score (nSPS) is 13.6. The van der Waals surface area contributed by atoms with Gasteiger partial charge in [0.2, 0.25) is 5.91 Å². The van der Waals surface area contributed by atoms with E-state index in [1.165, 1.54) is 0 Å². The highest BCUT2D eigenvalue weighted by Gasteiger charge is 2.31. The molecule has 0 aliphatic carbocycles. The summed E-state index contributed by atoms with van der Waals surface area (Å²) < 4.78 is 15.6. The maximum atomic E-state index is 14.7. The summed E-state index contributed by atoms with van der Waals surface area (Å²) in [6.07, 6.45) is 0.639. The largest absolute Gasteiger partial charge is 0.323 e. The highest BCUT2D eigenvalue weighted by Crippen LogP contribution is 2.29. The van der Waals surface area contributed by atoms with Gasteiger partial charge in [-0.25, -0.2) is 4.39 Å². The molecule has 1 amide bonds. The number of hydrogen-bond acceptors (Lipinski definition) is 2. The third-order valence-corrected chi connectivity index (χ3v) is 5.06. The molecule has 3 nitrogen and oxygen atoms in total. The molecule has 0 fully saturated rings. The third kappa shape index (κ3) is 4.05. The fourth-order valence-electron chi connectivity index (χ4n) is 2.92. The van der Waals surface area contributed by atoms with E-state index < -0.39 is 5.41 Å². The Morgan fingerprint density at radius 1 is 1.28 bits per heavy atom. The molecule has 1 aliphatic rings. The van der Waals surface area contributed by atoms with Gasteiger partial charge in [-0.3, -0.25) is 4.79 Å². The molecule has 0 atom stereocenters. The Kier molecular flexibility index (Phi) is 6.25. The highest BCUT2D eigenvalue weighted by atomic mass is 79.9. The fourth-order valence-corrected chi connectivity index (χ4v) is 3.32. The first-order valence-electron chi connectivity index (χ1n) is 7.98. The molecule has 1 heterocycles. The van der Waals surface area contributed by atoms with Crippen LogP contribution in [0.3, 0.4) is 0 Å². The molecule has 0 radical (unpaired) electrons. The van der Waals surface area contributed by atoms with E-state index in [-0.39, 0.29) is 29.8 Å². The van der Waals surface area contributed by atoms with E-state index in [0.29, 0.717) is 18.5 Å². The average molecular weight is 428 g/mol. The zero-order chi connectivity index (χ0) is 17.3. The monoisotopic (exact) mass is 426 g/mol. The molecule has 0 spiro atoms. The van der Waals surface area contributed by atoms with E-state index >= 15 is 0 Å². The van der Waals surface area contributed by atoms with Crippen molar-refractivity contribution in [3.63, 3.8) is 0 Å². The van der Waals surface area contributed by atoms with E-state index in [0.717, 1.165) is 22.1 Å². The Morgan fingerprint density at radius 2 is 2.04 bits per heavy atom. The maximum Gasteiger partial charge on any atom is 0.234 e. The fraction of sp³-hybridized carbons (Fsp3) is 0.316. The van der Waals surface area contributed by atoms with Crippen LogP contribution in [0.25, 0.3) is 0 Å². The molecule has 0 aromatic heterocycles. The predicted molar refractivity (Wildman–Crippen MR) is 105 cm³/mol. The van der Waals surface area contributed by atoms with Crippen LogP contribution in [0.2, 0.25) is 0 Å². The Bertz CT molecular complexity index is 795. The van der Waals surface area contributed by atoms with Crippen LogP contribution in [0.5, 0.6) is 0 Å². The minimum atomic E-state index is -0.770. The first-order chi connectivity index (χ1) is 11.4. The minimum Gasteiger partial charge on any atom is -0.323 e. The number of nitrogens with one attached hydrogen (secondary N) is 2. The number of anilines is 1. The number of hydrogen-bond donors (Lipinski definition) is 2. The zero-order valence-corrected chi connectivity index (χ0v) is 16.6. The molecule has 2 aromatic rings. The molecule has 0 saturated carbocycles. The van der Waals surface area contributed by atoms with Gasteiger partial charge in [0.1, 0.15) is 5.82 Å². The minimum absolute atomic E-state index is 0. The number of amides is 1. The first-order valence-corrected chi connectivity index (χ1v) is 8.77. The summed E-state index contributed by atoms with van der Waals surface area (Å²) in [6.45, 7) is 5.10. The van der Waals surface area contributed by atoms with Gasteiger partial charge < -0.3 is 10.6 Å². The van der Waals surface area contributed by atoms with Crippen molar-refractivity contribution in [3.8, 4) is 0 Å². The van der Waals surface area contributed by atoms with Gasteiger partial charge in [0, 0.05) is 11.0 Å². The van der Waals surface area contributed by atoms with Crippen molar-refractivity contribution in [1.82, 2.24) is 5.32 Å². The number of carbonyl (C=O) groups is 1. The molecule has 2 N–H and O–H groups in total. The number of benzene rings is 2. The smallest absolute Gasteiger partial charge is 0.234 e. The lowest BCUT2D eigenvalue weighted by molar-refractivity contribution is -0.120. The van der Waals surface area contributed by atoms with Crippen LogP contribution in [0.1, 0.15) is 30.5 Å². The first kappa shape index (κ1) is 19.9. The summed E-state index contributed by atoms with van der Waals surface area (Å²) in [6, 6.07) is 11.1. The number of carbonyl (C=O) groups excluding carboxylic acids is 1. The van der Waals surface area contributed by atoms with E-state index in [1.54, 1.807) is 6.07 Å². The Balaban J connectivity index is 0.00000225. The van der Waals surface area contributed by atoms with Gasteiger partial charge in [-0.05, 0) is 61.7 Å². The lowest BCUT2D eigenvalue weighted by atomic mass is 9.83. The summed E-state index contributed by atoms with van der Waals surface area (Å²) >= 11 is 3.43. The van der Waals surface area contributed by atoms with Crippen LogP contribution in [-0.2, 0) is 23.2 Å². The Labute approximate surface area is 161 Å². The van der Waals surface area contributed by atoms with Crippen molar-refractivity contribution >= 4 is 39.9 Å². The summed E-state index contributed by atoms with van der Waals surface area (Å²) in [7, 11) is 0. The molecule has 1 aliphatic heterocycles. The van der Waals surface area contributed by atoms with Crippen LogP contribution >= 0.6 is 28.3 Å². The number of halogens is 3. The Hall–Kier alpha value is -1.43. The van der Waals surface area contributed by atoms with Crippen molar-refractivity contribution in [2.75, 3.05) is 11.9 Å². The zero-order valence-electron chi connectivity index (χ0n) is 14.2. The van der Waals surface area contributed by atoms with Crippen molar-refractivity contribution in [2.45, 2.75) is 32.2 Å². The van der Waals surface area contributed by atoms with Crippen LogP contribution in [0.4, 0.5) is 10.1 Å². The second-order valence-electron chi connectivity index (χ2n) is 6.58. The second-order valence-corrected chi connectivity index (χ2v) is 7.50. The summed E-state index contributed by atoms with van der Waals surface area (Å²) in [5.74, 6) is -0.541. The van der Waals surface area contributed by atoms with E-state index in [4.69, 9.17) is 0 Å². The van der Waals surface area contributed by atoms with Crippen LogP contribution in [0.15, 0.2) is 40.9 Å². The Morgan fingerprint density at radius 3 is 2.76 bits per heavy atom. The predicted octanol–water partition coefficient (Wildman–Crippen LogP) is 4.57. The van der Waals surface area contributed by atoms with Gasteiger partial charge in [-0.1, -0.05) is 34.1 Å². The molecule has 6 heteroatoms. The molecule has 3 rings (SSSR count). The number of rotatable bonds is 3. The molecule has 2 aromatic carbocycles. The SMILES string of the molecule is CC(C)(C(=O)Nc1ccc2c(c1F)CCNC2)c1cccc(Br)c1.Cl. The topological polar surface area (TPSA) is 41.1 Å². The average Bonchev–Trinajstić information content (AvgIpc) is 2.57. The third-order valence-electron chi connectivity index (χ3n) is 4.57. The van der Waals surface area contributed by atoms with Gasteiger partial charge in [-0.15, -0.1) is 12.4 Å². The van der Waals surface area contributed by atoms with Gasteiger partial charge in [0.15, 0.2) is 0 Å². The van der Waals surface area contributed by atoms with Gasteiger partial charge in [0.25, 0.3) is 0 Å². The lowest BCUT2D eigenvalue weighted by Gasteiger charge is -2.25. The van der Waals surface area contributed by atoms with Crippen molar-refractivity contribution in [3.05, 3.63) is 63.4 Å². The number of fused-ring (bicyclic) bond motifs is 1. The summed E-state index contributed by atoms with van der Waals surface area (Å²) in [5, 5.41) is 5.99. The maximum absolute atomic E-state index is 14.7. The molecule has 25 heavy (non-hydrogen) atoms. The van der Waals surface area contributed by atoms with Crippen LogP contribution in [0, 0.1) is 5.82 Å². The molecule has 0 saturated heterocycles. The van der Waals surface area contributed by atoms with Crippen molar-refractivity contribution in [2.24, 2.45) is 0 Å². The van der Waals surface area contributed by atoms with E-state index in [1.807, 2.05) is 44.2 Å². The van der Waals surface area contributed by atoms with Crippen LogP contribution < -0.4 is 10.6 Å². The van der Waals surface area contributed by atoms with Crippen LogP contribution in [-0.4, -0.2) is 12.5 Å². The molecule has 0 bridgehead atoms. The summed E-state index contributed by atoms with van der Waals surface area (Å²) in [4.78, 5) is 12.8. The van der Waals surface area contributed by atoms with Gasteiger partial charge in [0.05, 0.1) is 11.1 Å². The van der Waals surface area contributed by atoms with Crippen molar-refractivity contribution in [1.29, 1.82) is 0 Å². The molecule has 0 unspecified atom stereocenters. The lowest BCUT2D eigenvalue weighted by Crippen LogP contribution is -2.35. The standard InChI is InChI=1S/C19H20BrFN2O.ClH/c1-19(2,13-4-3-5-14(20)10-13)18(24)23-16-7-6-12-11-22-9-8-15(12)17(16)21;/h3-7,10,22H,8-9,11H2,1-2H3,(H,23,24);1H. The highest BCUT2D eigenvalue weighted by molar-refractivity contribution is 9.10. The van der Waals surface area contributed by atoms with Gasteiger partial charge >= 0.3 is 0 Å². The molecular weight excluding hydrogens is 407 g/mol. The summed E-state index contributed by atoms with van der Waals surface area (Å²) in [5.41, 5.74) is 2.02. The quantitative estimate of drug-likeness (QED) is 0.753.